The Morgan fingerprint density at radius 3 is 2.91 bits per heavy atom. The molecule has 0 saturated heterocycles. The quantitative estimate of drug-likeness (QED) is 0.626. The van der Waals surface area contributed by atoms with Gasteiger partial charge in [0.25, 0.3) is 0 Å². The number of aromatic nitrogens is 2. The molecule has 0 unspecified atom stereocenters. The minimum atomic E-state index is 0.745. The van der Waals surface area contributed by atoms with Crippen LogP contribution in [0.15, 0.2) is 12.6 Å². The molecule has 1 aromatic rings. The van der Waals surface area contributed by atoms with Gasteiger partial charge in [0.15, 0.2) is 0 Å². The number of aryl methyl sites for hydroxylation is 1. The van der Waals surface area contributed by atoms with Crippen molar-refractivity contribution < 1.29 is 0 Å². The molecule has 58 valence electrons. The molecule has 0 bridgehead atoms. The topological polar surface area (TPSA) is 17.8 Å². The van der Waals surface area contributed by atoms with Gasteiger partial charge in [-0.15, -0.1) is 0 Å². The fourth-order valence-corrected chi connectivity index (χ4v) is 1.27. The van der Waals surface area contributed by atoms with Gasteiger partial charge in [-0.2, -0.15) is 5.10 Å². The Labute approximate surface area is 66.5 Å². The molecule has 0 radical (unpaired) electrons. The van der Waals surface area contributed by atoms with Crippen LogP contribution in [0.3, 0.4) is 0 Å². The van der Waals surface area contributed by atoms with Gasteiger partial charge in [-0.1, -0.05) is 6.58 Å². The van der Waals surface area contributed by atoms with Crippen molar-refractivity contribution in [3.63, 3.8) is 0 Å². The maximum atomic E-state index is 4.39. The van der Waals surface area contributed by atoms with Crippen molar-refractivity contribution in [2.24, 2.45) is 7.05 Å². The lowest BCUT2D eigenvalue weighted by Gasteiger charge is -1.89. The molecule has 1 aromatic heterocycles. The number of hydrogen-bond acceptors (Lipinski definition) is 1. The van der Waals surface area contributed by atoms with E-state index in [1.54, 1.807) is 0 Å². The largest absolute Gasteiger partial charge is 0.268 e. The van der Waals surface area contributed by atoms with E-state index in [0.29, 0.717) is 0 Å². The molecule has 0 aromatic carbocycles. The van der Waals surface area contributed by atoms with Gasteiger partial charge in [0.05, 0.1) is 11.4 Å². The SMILES string of the molecule is C=Cc1cc(C2CC2)nn1C. The zero-order valence-corrected chi connectivity index (χ0v) is 6.75. The van der Waals surface area contributed by atoms with Crippen LogP contribution in [0.2, 0.25) is 0 Å². The van der Waals surface area contributed by atoms with Gasteiger partial charge in [0.1, 0.15) is 0 Å². The molecule has 1 heterocycles. The van der Waals surface area contributed by atoms with E-state index in [4.69, 9.17) is 0 Å². The highest BCUT2D eigenvalue weighted by molar-refractivity contribution is 5.43. The number of nitrogens with zero attached hydrogens (tertiary/aromatic N) is 2. The second-order valence-electron chi connectivity index (χ2n) is 3.10. The van der Waals surface area contributed by atoms with E-state index in [2.05, 4.69) is 17.7 Å². The Morgan fingerprint density at radius 2 is 2.45 bits per heavy atom. The van der Waals surface area contributed by atoms with Crippen LogP contribution in [0.1, 0.15) is 30.1 Å². The maximum Gasteiger partial charge on any atom is 0.0661 e. The van der Waals surface area contributed by atoms with Gasteiger partial charge in [0, 0.05) is 13.0 Å². The fourth-order valence-electron chi connectivity index (χ4n) is 1.27. The zero-order valence-electron chi connectivity index (χ0n) is 6.75. The first kappa shape index (κ1) is 6.65. The Hall–Kier alpha value is -1.05. The summed E-state index contributed by atoms with van der Waals surface area (Å²) < 4.78 is 1.89. The number of rotatable bonds is 2. The third-order valence-corrected chi connectivity index (χ3v) is 2.14. The van der Waals surface area contributed by atoms with E-state index < -0.39 is 0 Å². The summed E-state index contributed by atoms with van der Waals surface area (Å²) in [6.07, 6.45) is 4.47. The monoisotopic (exact) mass is 148 g/mol. The molecule has 2 nitrogen and oxygen atoms in total. The normalized spacial score (nSPS) is 16.8. The minimum Gasteiger partial charge on any atom is -0.268 e. The molecule has 0 spiro atoms. The molecule has 1 aliphatic rings. The highest BCUT2D eigenvalue weighted by Crippen LogP contribution is 2.39. The third-order valence-electron chi connectivity index (χ3n) is 2.14. The van der Waals surface area contributed by atoms with E-state index in [1.807, 2.05) is 17.8 Å². The van der Waals surface area contributed by atoms with Crippen molar-refractivity contribution in [3.8, 4) is 0 Å². The molecule has 0 aliphatic heterocycles. The van der Waals surface area contributed by atoms with Crippen LogP contribution in [-0.2, 0) is 7.05 Å². The predicted octanol–water partition coefficient (Wildman–Crippen LogP) is 1.94. The van der Waals surface area contributed by atoms with Crippen molar-refractivity contribution in [2.45, 2.75) is 18.8 Å². The molecule has 0 amide bonds. The van der Waals surface area contributed by atoms with Crippen molar-refractivity contribution in [3.05, 3.63) is 24.0 Å². The Bertz CT molecular complexity index is 282. The van der Waals surface area contributed by atoms with Crippen LogP contribution in [0.4, 0.5) is 0 Å². The summed E-state index contributed by atoms with van der Waals surface area (Å²) in [6, 6.07) is 2.13. The van der Waals surface area contributed by atoms with E-state index >= 15 is 0 Å². The summed E-state index contributed by atoms with van der Waals surface area (Å²) in [5.74, 6) is 0.745. The Morgan fingerprint density at radius 1 is 1.73 bits per heavy atom. The smallest absolute Gasteiger partial charge is 0.0661 e. The van der Waals surface area contributed by atoms with Crippen LogP contribution < -0.4 is 0 Å². The van der Waals surface area contributed by atoms with Crippen LogP contribution in [0.25, 0.3) is 6.08 Å². The molecule has 0 N–H and O–H groups in total. The summed E-state index contributed by atoms with van der Waals surface area (Å²) in [7, 11) is 1.96. The summed E-state index contributed by atoms with van der Waals surface area (Å²) >= 11 is 0. The lowest BCUT2D eigenvalue weighted by molar-refractivity contribution is 0.737. The fraction of sp³-hybridized carbons (Fsp3) is 0.444. The predicted molar refractivity (Wildman–Crippen MR) is 45.3 cm³/mol. The third kappa shape index (κ3) is 1.09. The first-order chi connectivity index (χ1) is 5.31. The minimum absolute atomic E-state index is 0.745. The molecule has 11 heavy (non-hydrogen) atoms. The van der Waals surface area contributed by atoms with Crippen LogP contribution in [0, 0.1) is 0 Å². The van der Waals surface area contributed by atoms with Crippen LogP contribution >= 0.6 is 0 Å². The molecule has 1 fully saturated rings. The van der Waals surface area contributed by atoms with Crippen LogP contribution in [0.5, 0.6) is 0 Å². The van der Waals surface area contributed by atoms with E-state index in [-0.39, 0.29) is 0 Å². The average molecular weight is 148 g/mol. The van der Waals surface area contributed by atoms with Crippen molar-refractivity contribution in [1.29, 1.82) is 0 Å². The summed E-state index contributed by atoms with van der Waals surface area (Å²) in [4.78, 5) is 0. The molecule has 1 aliphatic carbocycles. The highest BCUT2D eigenvalue weighted by atomic mass is 15.3. The van der Waals surface area contributed by atoms with E-state index in [1.165, 1.54) is 18.5 Å². The lowest BCUT2D eigenvalue weighted by atomic mass is 10.3. The van der Waals surface area contributed by atoms with Crippen LogP contribution in [-0.4, -0.2) is 9.78 Å². The Kier molecular flexibility index (Phi) is 1.34. The van der Waals surface area contributed by atoms with E-state index in [9.17, 15) is 0 Å². The van der Waals surface area contributed by atoms with Crippen molar-refractivity contribution in [1.82, 2.24) is 9.78 Å². The Balaban J connectivity index is 2.35. The van der Waals surface area contributed by atoms with Gasteiger partial charge < -0.3 is 0 Å². The standard InChI is InChI=1S/C9H12N2/c1-3-8-6-9(7-4-5-7)10-11(8)2/h3,6-7H,1,4-5H2,2H3. The molecule has 0 atom stereocenters. The second kappa shape index (κ2) is 2.22. The molecule has 1 saturated carbocycles. The van der Waals surface area contributed by atoms with Gasteiger partial charge in [-0.05, 0) is 25.0 Å². The molecule has 2 rings (SSSR count). The number of hydrogen-bond donors (Lipinski definition) is 0. The first-order valence-corrected chi connectivity index (χ1v) is 3.97. The molecular weight excluding hydrogens is 136 g/mol. The van der Waals surface area contributed by atoms with Crippen molar-refractivity contribution >= 4 is 6.08 Å². The van der Waals surface area contributed by atoms with Gasteiger partial charge in [0.2, 0.25) is 0 Å². The molecular formula is C9H12N2. The van der Waals surface area contributed by atoms with Crippen molar-refractivity contribution in [2.75, 3.05) is 0 Å². The van der Waals surface area contributed by atoms with E-state index in [0.717, 1.165) is 11.6 Å². The summed E-state index contributed by atoms with van der Waals surface area (Å²) in [5.41, 5.74) is 2.36. The molecule has 2 heteroatoms. The van der Waals surface area contributed by atoms with Gasteiger partial charge in [-0.25, -0.2) is 0 Å². The van der Waals surface area contributed by atoms with Gasteiger partial charge >= 0.3 is 0 Å². The summed E-state index contributed by atoms with van der Waals surface area (Å²) in [6.45, 7) is 3.72. The lowest BCUT2D eigenvalue weighted by Crippen LogP contribution is -1.92. The second-order valence-corrected chi connectivity index (χ2v) is 3.10. The maximum absolute atomic E-state index is 4.39. The first-order valence-electron chi connectivity index (χ1n) is 3.97. The average Bonchev–Trinajstić information content (AvgIpc) is 2.76. The summed E-state index contributed by atoms with van der Waals surface area (Å²) in [5, 5.41) is 4.39. The highest BCUT2D eigenvalue weighted by Gasteiger charge is 2.26. The van der Waals surface area contributed by atoms with Gasteiger partial charge in [-0.3, -0.25) is 4.68 Å². The zero-order chi connectivity index (χ0) is 7.84.